The third-order valence-corrected chi connectivity index (χ3v) is 4.79. The number of anilines is 1. The molecule has 0 aliphatic carbocycles. The zero-order valence-corrected chi connectivity index (χ0v) is 16.0. The summed E-state index contributed by atoms with van der Waals surface area (Å²) < 4.78 is 1.79. The van der Waals surface area contributed by atoms with Crippen molar-refractivity contribution in [1.29, 1.82) is 0 Å². The van der Waals surface area contributed by atoms with Crippen molar-refractivity contribution >= 4 is 23.4 Å². The second-order valence-corrected chi connectivity index (χ2v) is 6.74. The van der Waals surface area contributed by atoms with Crippen molar-refractivity contribution in [3.8, 4) is 5.69 Å². The molecule has 6 heteroatoms. The molecule has 2 aromatic carbocycles. The molecule has 0 saturated heterocycles. The van der Waals surface area contributed by atoms with Crippen LogP contribution in [0.2, 0.25) is 0 Å². The van der Waals surface area contributed by atoms with Gasteiger partial charge in [-0.1, -0.05) is 30.3 Å². The summed E-state index contributed by atoms with van der Waals surface area (Å²) in [4.78, 5) is 17.4. The molecule has 1 amide bonds. The first kappa shape index (κ1) is 17.8. The highest BCUT2D eigenvalue weighted by Crippen LogP contribution is 2.27. The fraction of sp³-hybridized carbons (Fsp3) is 0. The van der Waals surface area contributed by atoms with Gasteiger partial charge in [0.05, 0.1) is 16.9 Å². The van der Waals surface area contributed by atoms with E-state index in [2.05, 4.69) is 15.2 Å². The summed E-state index contributed by atoms with van der Waals surface area (Å²) in [6, 6.07) is 22.9. The van der Waals surface area contributed by atoms with E-state index in [0.29, 0.717) is 11.3 Å². The van der Waals surface area contributed by atoms with Crippen LogP contribution in [0.3, 0.4) is 0 Å². The minimum atomic E-state index is -0.170. The Kier molecular flexibility index (Phi) is 4.50. The third kappa shape index (κ3) is 3.31. The van der Waals surface area contributed by atoms with Crippen LogP contribution in [-0.2, 0) is 4.79 Å². The van der Waals surface area contributed by atoms with Crippen LogP contribution in [0.15, 0.2) is 108 Å². The van der Waals surface area contributed by atoms with Crippen LogP contribution in [0.4, 0.5) is 5.69 Å². The monoisotopic (exact) mass is 391 g/mol. The van der Waals surface area contributed by atoms with Gasteiger partial charge in [0.2, 0.25) is 0 Å². The number of carbonyl (C=O) groups is 1. The lowest BCUT2D eigenvalue weighted by Gasteiger charge is -2.10. The molecule has 1 aliphatic rings. The van der Waals surface area contributed by atoms with Crippen molar-refractivity contribution in [3.05, 3.63) is 114 Å². The third-order valence-electron chi connectivity index (χ3n) is 4.79. The van der Waals surface area contributed by atoms with Crippen LogP contribution in [0.1, 0.15) is 11.1 Å². The molecule has 0 radical (unpaired) electrons. The van der Waals surface area contributed by atoms with Gasteiger partial charge in [0.25, 0.3) is 5.91 Å². The van der Waals surface area contributed by atoms with Crippen molar-refractivity contribution in [1.82, 2.24) is 14.8 Å². The summed E-state index contributed by atoms with van der Waals surface area (Å²) in [5.41, 5.74) is 4.50. The van der Waals surface area contributed by atoms with Gasteiger partial charge in [-0.2, -0.15) is 15.2 Å². The van der Waals surface area contributed by atoms with Gasteiger partial charge in [-0.3, -0.25) is 9.78 Å². The molecule has 0 spiro atoms. The molecular formula is C24H17N5O. The summed E-state index contributed by atoms with van der Waals surface area (Å²) in [5.74, 6) is -0.170. The lowest BCUT2D eigenvalue weighted by atomic mass is 10.0. The Balaban J connectivity index is 1.55. The van der Waals surface area contributed by atoms with Crippen LogP contribution >= 0.6 is 0 Å². The van der Waals surface area contributed by atoms with Crippen molar-refractivity contribution in [2.24, 2.45) is 5.10 Å². The largest absolute Gasteiger partial charge is 0.281 e. The Morgan fingerprint density at radius 3 is 2.33 bits per heavy atom. The number of rotatable bonds is 4. The average molecular weight is 391 g/mol. The van der Waals surface area contributed by atoms with Crippen molar-refractivity contribution in [2.45, 2.75) is 0 Å². The van der Waals surface area contributed by atoms with Crippen molar-refractivity contribution in [3.63, 3.8) is 0 Å². The Morgan fingerprint density at radius 1 is 0.800 bits per heavy atom. The highest BCUT2D eigenvalue weighted by molar-refractivity contribution is 6.37. The maximum absolute atomic E-state index is 13.3. The highest BCUT2D eigenvalue weighted by Gasteiger charge is 2.32. The maximum Gasteiger partial charge on any atom is 0.281 e. The molecule has 0 unspecified atom stereocenters. The van der Waals surface area contributed by atoms with Crippen LogP contribution in [-0.4, -0.2) is 26.4 Å². The van der Waals surface area contributed by atoms with E-state index in [1.54, 1.807) is 23.3 Å². The van der Waals surface area contributed by atoms with E-state index in [1.807, 2.05) is 85.1 Å². The molecule has 5 rings (SSSR count). The second-order valence-electron chi connectivity index (χ2n) is 6.74. The van der Waals surface area contributed by atoms with Crippen LogP contribution in [0.5, 0.6) is 0 Å². The van der Waals surface area contributed by atoms with Crippen LogP contribution < -0.4 is 5.01 Å². The summed E-state index contributed by atoms with van der Waals surface area (Å²) in [7, 11) is 0. The molecule has 0 saturated carbocycles. The average Bonchev–Trinajstić information content (AvgIpc) is 3.45. The number of hydrazone groups is 1. The van der Waals surface area contributed by atoms with Gasteiger partial charge in [-0.25, -0.2) is 4.68 Å². The normalized spacial score (nSPS) is 14.9. The molecule has 3 heterocycles. The summed E-state index contributed by atoms with van der Waals surface area (Å²) in [5, 5.41) is 10.3. The van der Waals surface area contributed by atoms with E-state index >= 15 is 0 Å². The Morgan fingerprint density at radius 2 is 1.63 bits per heavy atom. The van der Waals surface area contributed by atoms with Crippen LogP contribution in [0.25, 0.3) is 11.8 Å². The SMILES string of the molecule is O=C1/C(=C\c2ccc(-n3cccn3)cc2)C(c2cccnc2)=NN1c1ccccc1. The smallest absolute Gasteiger partial charge is 0.267 e. The zero-order valence-electron chi connectivity index (χ0n) is 16.0. The Hall–Kier alpha value is -4.32. The van der Waals surface area contributed by atoms with Gasteiger partial charge in [0.15, 0.2) is 0 Å². The van der Waals surface area contributed by atoms with E-state index in [0.717, 1.165) is 22.5 Å². The molecule has 144 valence electrons. The van der Waals surface area contributed by atoms with E-state index < -0.39 is 0 Å². The molecule has 2 aromatic heterocycles. The Labute approximate surface area is 173 Å². The van der Waals surface area contributed by atoms with Crippen molar-refractivity contribution < 1.29 is 4.79 Å². The number of hydrogen-bond donors (Lipinski definition) is 0. The minimum Gasteiger partial charge on any atom is -0.267 e. The van der Waals surface area contributed by atoms with E-state index in [1.165, 1.54) is 5.01 Å². The Bertz CT molecular complexity index is 1230. The van der Waals surface area contributed by atoms with Gasteiger partial charge in [0.1, 0.15) is 5.71 Å². The molecule has 0 N–H and O–H groups in total. The number of nitrogens with zero attached hydrogens (tertiary/aromatic N) is 5. The highest BCUT2D eigenvalue weighted by atomic mass is 16.2. The number of benzene rings is 2. The number of carbonyl (C=O) groups excluding carboxylic acids is 1. The second kappa shape index (κ2) is 7.60. The molecule has 1 aliphatic heterocycles. The summed E-state index contributed by atoms with van der Waals surface area (Å²) >= 11 is 0. The number of amides is 1. The lowest BCUT2D eigenvalue weighted by Crippen LogP contribution is -2.21. The molecule has 30 heavy (non-hydrogen) atoms. The molecule has 0 bridgehead atoms. The molecule has 0 atom stereocenters. The standard InChI is InChI=1S/C24H17N5O/c30-24-22(16-18-9-11-20(12-10-18)28-15-5-14-26-28)23(19-6-4-13-25-17-19)27-29(24)21-7-2-1-3-8-21/h1-17H/b22-16-. The molecule has 0 fully saturated rings. The van der Waals surface area contributed by atoms with Gasteiger partial charge in [-0.05, 0) is 54.1 Å². The first-order chi connectivity index (χ1) is 14.8. The van der Waals surface area contributed by atoms with Gasteiger partial charge in [0, 0.05) is 30.4 Å². The van der Waals surface area contributed by atoms with Gasteiger partial charge >= 0.3 is 0 Å². The van der Waals surface area contributed by atoms with E-state index in [-0.39, 0.29) is 5.91 Å². The quantitative estimate of drug-likeness (QED) is 0.492. The fourth-order valence-corrected chi connectivity index (χ4v) is 3.32. The maximum atomic E-state index is 13.3. The molecule has 4 aromatic rings. The van der Waals surface area contributed by atoms with E-state index in [9.17, 15) is 4.79 Å². The minimum absolute atomic E-state index is 0.170. The fourth-order valence-electron chi connectivity index (χ4n) is 3.32. The predicted octanol–water partition coefficient (Wildman–Crippen LogP) is 4.10. The number of para-hydroxylation sites is 1. The van der Waals surface area contributed by atoms with Crippen LogP contribution in [0, 0.1) is 0 Å². The van der Waals surface area contributed by atoms with E-state index in [4.69, 9.17) is 0 Å². The lowest BCUT2D eigenvalue weighted by molar-refractivity contribution is -0.114. The topological polar surface area (TPSA) is 63.4 Å². The number of aromatic nitrogens is 3. The number of pyridine rings is 1. The first-order valence-corrected chi connectivity index (χ1v) is 9.50. The summed E-state index contributed by atoms with van der Waals surface area (Å²) in [6.07, 6.45) is 8.91. The molecular weight excluding hydrogens is 374 g/mol. The zero-order chi connectivity index (χ0) is 20.3. The first-order valence-electron chi connectivity index (χ1n) is 9.50. The van der Waals surface area contributed by atoms with Gasteiger partial charge in [-0.15, -0.1) is 0 Å². The predicted molar refractivity (Wildman–Crippen MR) is 116 cm³/mol. The van der Waals surface area contributed by atoms with Crippen molar-refractivity contribution in [2.75, 3.05) is 5.01 Å². The molecule has 6 nitrogen and oxygen atoms in total. The van der Waals surface area contributed by atoms with Gasteiger partial charge < -0.3 is 0 Å². The number of hydrogen-bond acceptors (Lipinski definition) is 4. The summed E-state index contributed by atoms with van der Waals surface area (Å²) in [6.45, 7) is 0.